The van der Waals surface area contributed by atoms with Crippen LogP contribution >= 0.6 is 11.6 Å². The molecular formula is C17H20ClN3O2S. The van der Waals surface area contributed by atoms with Gasteiger partial charge in [0.1, 0.15) is 0 Å². The minimum absolute atomic E-state index is 0.303. The predicted octanol–water partition coefficient (Wildman–Crippen LogP) is 2.55. The van der Waals surface area contributed by atoms with Gasteiger partial charge in [-0.15, -0.1) is 0 Å². The third-order valence-corrected chi connectivity index (χ3v) is 6.53. The molecule has 0 aliphatic carbocycles. The lowest BCUT2D eigenvalue weighted by Gasteiger charge is -2.34. The number of piperazine rings is 1. The minimum Gasteiger partial charge on any atom is -0.296 e. The van der Waals surface area contributed by atoms with Crippen LogP contribution in [-0.2, 0) is 16.6 Å². The van der Waals surface area contributed by atoms with Crippen molar-refractivity contribution in [3.8, 4) is 0 Å². The van der Waals surface area contributed by atoms with Crippen molar-refractivity contribution in [3.63, 3.8) is 0 Å². The number of aryl methyl sites for hydroxylation is 1. The molecule has 0 atom stereocenters. The van der Waals surface area contributed by atoms with Crippen molar-refractivity contribution in [1.29, 1.82) is 0 Å². The molecule has 24 heavy (non-hydrogen) atoms. The summed E-state index contributed by atoms with van der Waals surface area (Å²) in [5, 5.41) is 0.440. The van der Waals surface area contributed by atoms with E-state index < -0.39 is 10.0 Å². The van der Waals surface area contributed by atoms with Crippen LogP contribution in [-0.4, -0.2) is 48.8 Å². The van der Waals surface area contributed by atoms with Gasteiger partial charge in [-0.1, -0.05) is 17.7 Å². The molecule has 0 bridgehead atoms. The Morgan fingerprint density at radius 2 is 1.75 bits per heavy atom. The molecule has 5 nitrogen and oxygen atoms in total. The van der Waals surface area contributed by atoms with Crippen LogP contribution in [0.1, 0.15) is 11.1 Å². The Morgan fingerprint density at radius 1 is 1.08 bits per heavy atom. The molecule has 2 heterocycles. The SMILES string of the molecule is Cc1ccc(Cl)cc1S(=O)(=O)N1CCN(Cc2ccncc2)CC1. The molecule has 1 aromatic carbocycles. The maximum Gasteiger partial charge on any atom is 0.243 e. The Kier molecular flexibility index (Phi) is 5.20. The van der Waals surface area contributed by atoms with Gasteiger partial charge in [0, 0.05) is 50.1 Å². The number of nitrogens with zero attached hydrogens (tertiary/aromatic N) is 3. The monoisotopic (exact) mass is 365 g/mol. The highest BCUT2D eigenvalue weighted by atomic mass is 35.5. The zero-order chi connectivity index (χ0) is 17.2. The van der Waals surface area contributed by atoms with Gasteiger partial charge in [0.05, 0.1) is 4.90 Å². The molecule has 128 valence electrons. The highest BCUT2D eigenvalue weighted by Gasteiger charge is 2.29. The van der Waals surface area contributed by atoms with Gasteiger partial charge in [0.2, 0.25) is 10.0 Å². The molecule has 1 aromatic heterocycles. The number of sulfonamides is 1. The van der Waals surface area contributed by atoms with E-state index in [1.54, 1.807) is 35.8 Å². The first kappa shape index (κ1) is 17.4. The topological polar surface area (TPSA) is 53.5 Å². The Morgan fingerprint density at radius 3 is 2.42 bits per heavy atom. The third-order valence-electron chi connectivity index (χ3n) is 4.25. The fourth-order valence-electron chi connectivity index (χ4n) is 2.87. The molecule has 0 unspecified atom stereocenters. The number of hydrogen-bond donors (Lipinski definition) is 0. The van der Waals surface area contributed by atoms with Crippen LogP contribution in [0.4, 0.5) is 0 Å². The van der Waals surface area contributed by atoms with Crippen LogP contribution in [0.15, 0.2) is 47.6 Å². The van der Waals surface area contributed by atoms with Crippen LogP contribution in [0.25, 0.3) is 0 Å². The number of benzene rings is 1. The number of rotatable bonds is 4. The molecule has 1 aliphatic heterocycles. The molecule has 0 amide bonds. The van der Waals surface area contributed by atoms with Gasteiger partial charge in [-0.2, -0.15) is 4.31 Å². The van der Waals surface area contributed by atoms with Crippen molar-refractivity contribution in [2.75, 3.05) is 26.2 Å². The third kappa shape index (κ3) is 3.78. The van der Waals surface area contributed by atoms with Crippen LogP contribution < -0.4 is 0 Å². The summed E-state index contributed by atoms with van der Waals surface area (Å²) in [6, 6.07) is 8.96. The van der Waals surface area contributed by atoms with Gasteiger partial charge in [-0.3, -0.25) is 9.88 Å². The molecule has 2 aromatic rings. The first-order valence-corrected chi connectivity index (χ1v) is 9.66. The van der Waals surface area contributed by atoms with E-state index in [-0.39, 0.29) is 0 Å². The van der Waals surface area contributed by atoms with Crippen LogP contribution in [0.5, 0.6) is 0 Å². The lowest BCUT2D eigenvalue weighted by atomic mass is 10.2. The zero-order valence-electron chi connectivity index (χ0n) is 13.5. The van der Waals surface area contributed by atoms with Crippen LogP contribution in [0.3, 0.4) is 0 Å². The van der Waals surface area contributed by atoms with E-state index in [4.69, 9.17) is 11.6 Å². The summed E-state index contributed by atoms with van der Waals surface area (Å²) < 4.78 is 27.3. The summed E-state index contributed by atoms with van der Waals surface area (Å²) in [5.41, 5.74) is 1.91. The Balaban J connectivity index is 1.68. The molecule has 1 saturated heterocycles. The summed E-state index contributed by atoms with van der Waals surface area (Å²) >= 11 is 5.98. The normalized spacial score (nSPS) is 17.1. The fourth-order valence-corrected chi connectivity index (χ4v) is 4.78. The van der Waals surface area contributed by atoms with Crippen molar-refractivity contribution in [2.24, 2.45) is 0 Å². The number of aromatic nitrogens is 1. The molecular weight excluding hydrogens is 346 g/mol. The number of pyridine rings is 1. The van der Waals surface area contributed by atoms with E-state index in [1.807, 2.05) is 12.1 Å². The molecule has 0 N–H and O–H groups in total. The predicted molar refractivity (Wildman–Crippen MR) is 94.5 cm³/mol. The van der Waals surface area contributed by atoms with Crippen LogP contribution in [0, 0.1) is 6.92 Å². The Hall–Kier alpha value is -1.47. The second kappa shape index (κ2) is 7.19. The van der Waals surface area contributed by atoms with Crippen LogP contribution in [0.2, 0.25) is 5.02 Å². The number of hydrogen-bond acceptors (Lipinski definition) is 4. The fraction of sp³-hybridized carbons (Fsp3) is 0.353. The molecule has 1 aliphatic rings. The zero-order valence-corrected chi connectivity index (χ0v) is 15.1. The first-order chi connectivity index (χ1) is 11.5. The summed E-state index contributed by atoms with van der Waals surface area (Å²) in [4.78, 5) is 6.57. The largest absolute Gasteiger partial charge is 0.296 e. The van der Waals surface area contributed by atoms with Crippen molar-refractivity contribution < 1.29 is 8.42 Å². The van der Waals surface area contributed by atoms with Gasteiger partial charge in [-0.05, 0) is 42.3 Å². The molecule has 0 radical (unpaired) electrons. The minimum atomic E-state index is -3.50. The van der Waals surface area contributed by atoms with E-state index in [0.29, 0.717) is 36.1 Å². The highest BCUT2D eigenvalue weighted by molar-refractivity contribution is 7.89. The summed E-state index contributed by atoms with van der Waals surface area (Å²) in [6.45, 7) is 5.00. The summed E-state index contributed by atoms with van der Waals surface area (Å²) in [7, 11) is -3.50. The summed E-state index contributed by atoms with van der Waals surface area (Å²) in [6.07, 6.45) is 3.55. The smallest absolute Gasteiger partial charge is 0.243 e. The quantitative estimate of drug-likeness (QED) is 0.835. The molecule has 7 heteroatoms. The molecule has 0 saturated carbocycles. The van der Waals surface area contributed by atoms with Gasteiger partial charge < -0.3 is 0 Å². The van der Waals surface area contributed by atoms with E-state index in [0.717, 1.165) is 12.1 Å². The van der Waals surface area contributed by atoms with Crippen molar-refractivity contribution in [2.45, 2.75) is 18.4 Å². The molecule has 1 fully saturated rings. The maximum atomic E-state index is 12.9. The highest BCUT2D eigenvalue weighted by Crippen LogP contribution is 2.24. The first-order valence-electron chi connectivity index (χ1n) is 7.84. The number of halogens is 1. The molecule has 0 spiro atoms. The van der Waals surface area contributed by atoms with E-state index >= 15 is 0 Å². The Labute approximate surface area is 147 Å². The van der Waals surface area contributed by atoms with E-state index in [1.165, 1.54) is 11.6 Å². The van der Waals surface area contributed by atoms with Gasteiger partial charge in [-0.25, -0.2) is 8.42 Å². The maximum absolute atomic E-state index is 12.9. The van der Waals surface area contributed by atoms with Gasteiger partial charge in [0.15, 0.2) is 0 Å². The van der Waals surface area contributed by atoms with Crippen molar-refractivity contribution in [1.82, 2.24) is 14.2 Å². The average Bonchev–Trinajstić information content (AvgIpc) is 2.58. The standard InChI is InChI=1S/C17H20ClN3O2S/c1-14-2-3-16(18)12-17(14)24(22,23)21-10-8-20(9-11-21)13-15-4-6-19-7-5-15/h2-7,12H,8-11,13H2,1H3. The van der Waals surface area contributed by atoms with E-state index in [9.17, 15) is 8.42 Å². The second-order valence-corrected chi connectivity index (χ2v) is 8.29. The lowest BCUT2D eigenvalue weighted by molar-refractivity contribution is 0.181. The van der Waals surface area contributed by atoms with Crippen molar-refractivity contribution >= 4 is 21.6 Å². The lowest BCUT2D eigenvalue weighted by Crippen LogP contribution is -2.48. The van der Waals surface area contributed by atoms with E-state index in [2.05, 4.69) is 9.88 Å². The Bertz CT molecular complexity index is 804. The van der Waals surface area contributed by atoms with Gasteiger partial charge in [0.25, 0.3) is 0 Å². The molecule has 3 rings (SSSR count). The summed E-state index contributed by atoms with van der Waals surface area (Å²) in [5.74, 6) is 0. The second-order valence-electron chi connectivity index (χ2n) is 5.95. The van der Waals surface area contributed by atoms with Crippen molar-refractivity contribution in [3.05, 3.63) is 58.9 Å². The average molecular weight is 366 g/mol. The van der Waals surface area contributed by atoms with Gasteiger partial charge >= 0.3 is 0 Å².